The van der Waals surface area contributed by atoms with Crippen LogP contribution < -0.4 is 14.8 Å². The first-order valence-electron chi connectivity index (χ1n) is 13.0. The van der Waals surface area contributed by atoms with E-state index in [1.165, 1.54) is 11.8 Å². The van der Waals surface area contributed by atoms with E-state index in [1.807, 2.05) is 48.5 Å². The summed E-state index contributed by atoms with van der Waals surface area (Å²) in [5, 5.41) is 2.75. The van der Waals surface area contributed by atoms with Crippen LogP contribution in [0.25, 0.3) is 0 Å². The van der Waals surface area contributed by atoms with Gasteiger partial charge in [-0.15, -0.1) is 0 Å². The Bertz CT molecular complexity index is 1410. The molecule has 2 aliphatic rings. The fourth-order valence-corrected chi connectivity index (χ4v) is 5.43. The molecule has 0 aromatic heterocycles. The molecule has 1 fully saturated rings. The van der Waals surface area contributed by atoms with Crippen LogP contribution in [0.5, 0.6) is 11.5 Å². The summed E-state index contributed by atoms with van der Waals surface area (Å²) in [6.07, 6.45) is 0.745. The first-order chi connectivity index (χ1) is 19.5. The number of fused-ring (bicyclic) bond motifs is 1. The fourth-order valence-electron chi connectivity index (χ4n) is 4.30. The summed E-state index contributed by atoms with van der Waals surface area (Å²) >= 11 is 1.25. The smallest absolute Gasteiger partial charge is 0.338 e. The van der Waals surface area contributed by atoms with Gasteiger partial charge in [0.05, 0.1) is 29.7 Å². The number of carbonyl (C=O) groups excluding carboxylic acids is 3. The number of aliphatic imine (C=N–C) groups is 1. The number of benzene rings is 3. The molecule has 0 bridgehead atoms. The Hall–Kier alpha value is -4.31. The Morgan fingerprint density at radius 2 is 1.80 bits per heavy atom. The summed E-state index contributed by atoms with van der Waals surface area (Å²) in [7, 11) is 0. The SMILES string of the molecule is CCOC(=O)c1ccc(N=C2SC(C(=O)NCCc3ccccc3)CC(=O)N2Cc2ccc3c(c2)OCO3)cc1. The predicted octanol–water partition coefficient (Wildman–Crippen LogP) is 4.47. The van der Waals surface area contributed by atoms with Crippen molar-refractivity contribution in [1.29, 1.82) is 0 Å². The lowest BCUT2D eigenvalue weighted by Gasteiger charge is -2.32. The molecule has 0 aliphatic carbocycles. The summed E-state index contributed by atoms with van der Waals surface area (Å²) in [5.74, 6) is 0.453. The van der Waals surface area contributed by atoms with Gasteiger partial charge in [0.15, 0.2) is 16.7 Å². The molecule has 1 N–H and O–H groups in total. The van der Waals surface area contributed by atoms with Crippen molar-refractivity contribution in [2.75, 3.05) is 19.9 Å². The van der Waals surface area contributed by atoms with Crippen molar-refractivity contribution in [1.82, 2.24) is 10.2 Å². The second-order valence-electron chi connectivity index (χ2n) is 9.17. The van der Waals surface area contributed by atoms with Crippen LogP contribution in [-0.2, 0) is 27.3 Å². The molecule has 10 heteroatoms. The third-order valence-corrected chi connectivity index (χ3v) is 7.56. The molecule has 3 aromatic carbocycles. The molecule has 0 saturated carbocycles. The standard InChI is InChI=1S/C30H29N3O6S/c1-2-37-29(36)22-9-11-23(12-10-22)32-30-33(18-21-8-13-24-25(16-21)39-19-38-24)27(34)17-26(40-30)28(35)31-15-14-20-6-4-3-5-7-20/h3-13,16,26H,2,14-15,17-19H2,1H3,(H,31,35). The number of carbonyl (C=O) groups is 3. The Labute approximate surface area is 236 Å². The Kier molecular flexibility index (Phi) is 8.65. The van der Waals surface area contributed by atoms with Crippen LogP contribution >= 0.6 is 11.8 Å². The normalized spacial score (nSPS) is 17.1. The number of ether oxygens (including phenoxy) is 3. The number of nitrogens with one attached hydrogen (secondary N) is 1. The lowest BCUT2D eigenvalue weighted by Crippen LogP contribution is -2.46. The van der Waals surface area contributed by atoms with Gasteiger partial charge in [-0.05, 0) is 60.9 Å². The molecule has 2 amide bonds. The molecule has 9 nitrogen and oxygen atoms in total. The molecule has 2 heterocycles. The summed E-state index contributed by atoms with van der Waals surface area (Å²) < 4.78 is 15.9. The third-order valence-electron chi connectivity index (χ3n) is 6.37. The molecule has 3 aromatic rings. The highest BCUT2D eigenvalue weighted by atomic mass is 32.2. The number of hydrogen-bond donors (Lipinski definition) is 1. The lowest BCUT2D eigenvalue weighted by molar-refractivity contribution is -0.130. The topological polar surface area (TPSA) is 107 Å². The monoisotopic (exact) mass is 559 g/mol. The molecular weight excluding hydrogens is 530 g/mol. The molecule has 0 radical (unpaired) electrons. The number of rotatable bonds is 9. The Balaban J connectivity index is 1.34. The van der Waals surface area contributed by atoms with Gasteiger partial charge in [-0.25, -0.2) is 9.79 Å². The van der Waals surface area contributed by atoms with Crippen molar-refractivity contribution >= 4 is 40.4 Å². The van der Waals surface area contributed by atoms with Crippen LogP contribution in [0.4, 0.5) is 5.69 Å². The van der Waals surface area contributed by atoms with Crippen LogP contribution in [0, 0.1) is 0 Å². The highest BCUT2D eigenvalue weighted by Gasteiger charge is 2.36. The molecule has 1 saturated heterocycles. The number of nitrogens with zero attached hydrogens (tertiary/aromatic N) is 2. The van der Waals surface area contributed by atoms with Gasteiger partial charge in [-0.1, -0.05) is 48.2 Å². The summed E-state index contributed by atoms with van der Waals surface area (Å²) in [5.41, 5.74) is 2.92. The number of hydrogen-bond acceptors (Lipinski definition) is 8. The van der Waals surface area contributed by atoms with Crippen molar-refractivity contribution in [2.24, 2.45) is 4.99 Å². The number of amides is 2. The van der Waals surface area contributed by atoms with Crippen LogP contribution in [0.3, 0.4) is 0 Å². The summed E-state index contributed by atoms with van der Waals surface area (Å²) in [4.78, 5) is 44.8. The van der Waals surface area contributed by atoms with Crippen LogP contribution in [0.1, 0.15) is 34.8 Å². The molecule has 5 rings (SSSR count). The van der Waals surface area contributed by atoms with E-state index in [0.29, 0.717) is 40.9 Å². The number of thioether (sulfide) groups is 1. The Morgan fingerprint density at radius 1 is 1.02 bits per heavy atom. The first-order valence-corrected chi connectivity index (χ1v) is 13.9. The fraction of sp³-hybridized carbons (Fsp3) is 0.267. The maximum Gasteiger partial charge on any atom is 0.338 e. The maximum atomic E-state index is 13.4. The first kappa shape index (κ1) is 27.3. The second kappa shape index (κ2) is 12.7. The minimum atomic E-state index is -0.617. The summed E-state index contributed by atoms with van der Waals surface area (Å²) in [6, 6.07) is 22.1. The predicted molar refractivity (Wildman–Crippen MR) is 152 cm³/mol. The average molecular weight is 560 g/mol. The van der Waals surface area contributed by atoms with Crippen molar-refractivity contribution in [3.8, 4) is 11.5 Å². The molecule has 0 spiro atoms. The van der Waals surface area contributed by atoms with Gasteiger partial charge in [0, 0.05) is 13.0 Å². The van der Waals surface area contributed by atoms with E-state index in [0.717, 1.165) is 11.1 Å². The molecule has 206 valence electrons. The van der Waals surface area contributed by atoms with E-state index < -0.39 is 11.2 Å². The zero-order valence-corrected chi connectivity index (χ0v) is 22.8. The maximum absolute atomic E-state index is 13.4. The lowest BCUT2D eigenvalue weighted by atomic mass is 10.1. The van der Waals surface area contributed by atoms with Crippen molar-refractivity contribution in [2.45, 2.75) is 31.6 Å². The van der Waals surface area contributed by atoms with E-state index in [9.17, 15) is 14.4 Å². The number of amidine groups is 1. The Morgan fingerprint density at radius 3 is 2.58 bits per heavy atom. The van der Waals surface area contributed by atoms with Gasteiger partial charge in [-0.2, -0.15) is 0 Å². The zero-order valence-electron chi connectivity index (χ0n) is 22.0. The van der Waals surface area contributed by atoms with E-state index in [-0.39, 0.29) is 38.2 Å². The highest BCUT2D eigenvalue weighted by molar-refractivity contribution is 8.15. The molecule has 1 atom stereocenters. The molecule has 1 unspecified atom stereocenters. The van der Waals surface area contributed by atoms with Gasteiger partial charge in [-0.3, -0.25) is 14.5 Å². The second-order valence-corrected chi connectivity index (χ2v) is 10.3. The van der Waals surface area contributed by atoms with Gasteiger partial charge >= 0.3 is 5.97 Å². The van der Waals surface area contributed by atoms with Crippen LogP contribution in [-0.4, -0.2) is 53.0 Å². The minimum Gasteiger partial charge on any atom is -0.462 e. The van der Waals surface area contributed by atoms with Gasteiger partial charge in [0.1, 0.15) is 0 Å². The van der Waals surface area contributed by atoms with Crippen LogP contribution in [0.2, 0.25) is 0 Å². The van der Waals surface area contributed by atoms with Crippen molar-refractivity contribution < 1.29 is 28.6 Å². The van der Waals surface area contributed by atoms with Gasteiger partial charge < -0.3 is 19.5 Å². The average Bonchev–Trinajstić information content (AvgIpc) is 3.44. The minimum absolute atomic E-state index is 0.0488. The van der Waals surface area contributed by atoms with Gasteiger partial charge in [0.25, 0.3) is 0 Å². The molecule has 40 heavy (non-hydrogen) atoms. The van der Waals surface area contributed by atoms with E-state index in [2.05, 4.69) is 5.32 Å². The van der Waals surface area contributed by atoms with E-state index in [1.54, 1.807) is 36.1 Å². The van der Waals surface area contributed by atoms with Crippen molar-refractivity contribution in [3.63, 3.8) is 0 Å². The van der Waals surface area contributed by atoms with Gasteiger partial charge in [0.2, 0.25) is 18.6 Å². The quantitative estimate of drug-likeness (QED) is 0.386. The van der Waals surface area contributed by atoms with Crippen molar-refractivity contribution in [3.05, 3.63) is 89.5 Å². The molecule has 2 aliphatic heterocycles. The highest BCUT2D eigenvalue weighted by Crippen LogP contribution is 2.35. The summed E-state index contributed by atoms with van der Waals surface area (Å²) in [6.45, 7) is 2.91. The third kappa shape index (κ3) is 6.63. The number of esters is 1. The zero-order chi connectivity index (χ0) is 27.9. The van der Waals surface area contributed by atoms with E-state index >= 15 is 0 Å². The molecular formula is C30H29N3O6S. The largest absolute Gasteiger partial charge is 0.462 e. The van der Waals surface area contributed by atoms with E-state index in [4.69, 9.17) is 19.2 Å². The van der Waals surface area contributed by atoms with Crippen LogP contribution in [0.15, 0.2) is 77.8 Å².